The highest BCUT2D eigenvalue weighted by Gasteiger charge is 2.11. The van der Waals surface area contributed by atoms with E-state index in [2.05, 4.69) is 27.3 Å². The van der Waals surface area contributed by atoms with Gasteiger partial charge in [0.1, 0.15) is 5.82 Å². The molecule has 0 aliphatic rings. The number of aromatic nitrogens is 4. The van der Waals surface area contributed by atoms with Gasteiger partial charge in [-0.3, -0.25) is 4.68 Å². The van der Waals surface area contributed by atoms with Gasteiger partial charge < -0.3 is 5.32 Å². The Balaban J connectivity index is 2.49. The Hall–Kier alpha value is -1.91. The fraction of sp³-hybridized carbons (Fsp3) is 0.462. The van der Waals surface area contributed by atoms with Gasteiger partial charge >= 0.3 is 0 Å². The van der Waals surface area contributed by atoms with Gasteiger partial charge in [-0.2, -0.15) is 5.10 Å². The first-order valence-electron chi connectivity index (χ1n) is 6.20. The lowest BCUT2D eigenvalue weighted by Crippen LogP contribution is -2.01. The van der Waals surface area contributed by atoms with E-state index in [0.29, 0.717) is 0 Å². The summed E-state index contributed by atoms with van der Waals surface area (Å²) in [5.41, 5.74) is 3.13. The van der Waals surface area contributed by atoms with E-state index in [4.69, 9.17) is 0 Å². The van der Waals surface area contributed by atoms with Crippen LogP contribution in [0, 0.1) is 6.92 Å². The van der Waals surface area contributed by atoms with Crippen LogP contribution in [0.1, 0.15) is 24.7 Å². The van der Waals surface area contributed by atoms with Crippen LogP contribution in [-0.4, -0.2) is 26.8 Å². The number of hydrogen-bond acceptors (Lipinski definition) is 4. The highest BCUT2D eigenvalue weighted by molar-refractivity contribution is 5.59. The summed E-state index contributed by atoms with van der Waals surface area (Å²) >= 11 is 0. The van der Waals surface area contributed by atoms with Crippen LogP contribution in [-0.2, 0) is 13.5 Å². The molecule has 18 heavy (non-hydrogen) atoms. The van der Waals surface area contributed by atoms with Crippen LogP contribution in [0.3, 0.4) is 0 Å². The highest BCUT2D eigenvalue weighted by atomic mass is 15.3. The Labute approximate surface area is 107 Å². The predicted molar refractivity (Wildman–Crippen MR) is 72.5 cm³/mol. The Morgan fingerprint density at radius 3 is 2.67 bits per heavy atom. The molecule has 0 saturated heterocycles. The number of anilines is 1. The summed E-state index contributed by atoms with van der Waals surface area (Å²) in [5, 5.41) is 7.32. The maximum atomic E-state index is 4.61. The van der Waals surface area contributed by atoms with Crippen molar-refractivity contribution in [3.63, 3.8) is 0 Å². The smallest absolute Gasteiger partial charge is 0.165 e. The van der Waals surface area contributed by atoms with Crippen LogP contribution in [0.4, 0.5) is 5.82 Å². The van der Waals surface area contributed by atoms with Crippen molar-refractivity contribution in [2.24, 2.45) is 7.05 Å². The van der Waals surface area contributed by atoms with Crippen LogP contribution in [0.15, 0.2) is 12.3 Å². The standard InChI is InChI=1S/C13H19N5/c1-5-6-10-7-12(14-3)17-13(16-10)11-8-15-18(4)9(11)2/h7-8H,5-6H2,1-4H3,(H,14,16,17). The Morgan fingerprint density at radius 2 is 2.11 bits per heavy atom. The van der Waals surface area contributed by atoms with Gasteiger partial charge in [0.05, 0.1) is 11.8 Å². The van der Waals surface area contributed by atoms with Gasteiger partial charge in [0, 0.05) is 31.5 Å². The topological polar surface area (TPSA) is 55.6 Å². The van der Waals surface area contributed by atoms with Crippen molar-refractivity contribution in [1.82, 2.24) is 19.7 Å². The molecular weight excluding hydrogens is 226 g/mol. The second-order valence-corrected chi connectivity index (χ2v) is 4.34. The largest absolute Gasteiger partial charge is 0.373 e. The molecule has 2 rings (SSSR count). The van der Waals surface area contributed by atoms with E-state index in [1.807, 2.05) is 38.0 Å². The maximum absolute atomic E-state index is 4.61. The average Bonchev–Trinajstić information content (AvgIpc) is 2.70. The maximum Gasteiger partial charge on any atom is 0.165 e. The number of nitrogens with one attached hydrogen (secondary N) is 1. The van der Waals surface area contributed by atoms with Crippen molar-refractivity contribution in [1.29, 1.82) is 0 Å². The molecule has 2 aromatic rings. The zero-order chi connectivity index (χ0) is 13.1. The van der Waals surface area contributed by atoms with Crippen LogP contribution in [0.2, 0.25) is 0 Å². The van der Waals surface area contributed by atoms with Crippen LogP contribution >= 0.6 is 0 Å². The van der Waals surface area contributed by atoms with Crippen LogP contribution < -0.4 is 5.32 Å². The SMILES string of the molecule is CCCc1cc(NC)nc(-c2cnn(C)c2C)n1. The Bertz CT molecular complexity index is 544. The lowest BCUT2D eigenvalue weighted by Gasteiger charge is -2.07. The molecular formula is C13H19N5. The van der Waals surface area contributed by atoms with E-state index in [-0.39, 0.29) is 0 Å². The Kier molecular flexibility index (Phi) is 3.60. The van der Waals surface area contributed by atoms with E-state index in [1.54, 1.807) is 0 Å². The number of hydrogen-bond donors (Lipinski definition) is 1. The van der Waals surface area contributed by atoms with E-state index >= 15 is 0 Å². The third kappa shape index (κ3) is 2.34. The molecule has 0 saturated carbocycles. The van der Waals surface area contributed by atoms with Gasteiger partial charge in [-0.1, -0.05) is 13.3 Å². The lowest BCUT2D eigenvalue weighted by atomic mass is 10.2. The van der Waals surface area contributed by atoms with Gasteiger partial charge in [-0.25, -0.2) is 9.97 Å². The van der Waals surface area contributed by atoms with E-state index in [1.165, 1.54) is 0 Å². The van der Waals surface area contributed by atoms with Crippen LogP contribution in [0.5, 0.6) is 0 Å². The van der Waals surface area contributed by atoms with Gasteiger partial charge in [0.2, 0.25) is 0 Å². The van der Waals surface area contributed by atoms with Gasteiger partial charge in [0.15, 0.2) is 5.82 Å². The summed E-state index contributed by atoms with van der Waals surface area (Å²) in [6.45, 7) is 4.17. The van der Waals surface area contributed by atoms with Crippen molar-refractivity contribution >= 4 is 5.82 Å². The van der Waals surface area contributed by atoms with Crippen molar-refractivity contribution < 1.29 is 0 Å². The summed E-state index contributed by atoms with van der Waals surface area (Å²) in [6, 6.07) is 2.00. The third-order valence-corrected chi connectivity index (χ3v) is 3.02. The van der Waals surface area contributed by atoms with E-state index in [9.17, 15) is 0 Å². The zero-order valence-electron chi connectivity index (χ0n) is 11.4. The molecule has 1 N–H and O–H groups in total. The minimum atomic E-state index is 0.746. The molecule has 0 amide bonds. The molecule has 0 radical (unpaired) electrons. The molecule has 0 bridgehead atoms. The molecule has 2 aromatic heterocycles. The van der Waals surface area contributed by atoms with Gasteiger partial charge in [0.25, 0.3) is 0 Å². The molecule has 0 aliphatic heterocycles. The molecule has 0 aromatic carbocycles. The molecule has 0 atom stereocenters. The zero-order valence-corrected chi connectivity index (χ0v) is 11.4. The van der Waals surface area contributed by atoms with Crippen molar-refractivity contribution in [2.75, 3.05) is 12.4 Å². The number of rotatable bonds is 4. The monoisotopic (exact) mass is 245 g/mol. The van der Waals surface area contributed by atoms with Gasteiger partial charge in [-0.05, 0) is 13.3 Å². The fourth-order valence-corrected chi connectivity index (χ4v) is 1.85. The third-order valence-electron chi connectivity index (χ3n) is 3.02. The van der Waals surface area contributed by atoms with Crippen molar-refractivity contribution in [3.8, 4) is 11.4 Å². The summed E-state index contributed by atoms with van der Waals surface area (Å²) < 4.78 is 1.84. The van der Waals surface area contributed by atoms with Gasteiger partial charge in [-0.15, -0.1) is 0 Å². The minimum Gasteiger partial charge on any atom is -0.373 e. The minimum absolute atomic E-state index is 0.746. The molecule has 0 unspecified atom stereocenters. The predicted octanol–water partition coefficient (Wildman–Crippen LogP) is 2.18. The second kappa shape index (κ2) is 5.16. The first-order valence-corrected chi connectivity index (χ1v) is 6.20. The lowest BCUT2D eigenvalue weighted by molar-refractivity contribution is 0.740. The quantitative estimate of drug-likeness (QED) is 0.897. The Morgan fingerprint density at radius 1 is 1.33 bits per heavy atom. The summed E-state index contributed by atoms with van der Waals surface area (Å²) in [4.78, 5) is 9.11. The molecule has 5 heteroatoms. The fourth-order valence-electron chi connectivity index (χ4n) is 1.85. The van der Waals surface area contributed by atoms with Crippen LogP contribution in [0.25, 0.3) is 11.4 Å². The summed E-state index contributed by atoms with van der Waals surface area (Å²) in [7, 11) is 3.80. The molecule has 0 spiro atoms. The molecule has 96 valence electrons. The van der Waals surface area contributed by atoms with Crippen molar-refractivity contribution in [3.05, 3.63) is 23.7 Å². The average molecular weight is 245 g/mol. The number of nitrogens with zero attached hydrogens (tertiary/aromatic N) is 4. The van der Waals surface area contributed by atoms with E-state index in [0.717, 1.165) is 41.4 Å². The van der Waals surface area contributed by atoms with Crippen molar-refractivity contribution in [2.45, 2.75) is 26.7 Å². The normalized spacial score (nSPS) is 10.7. The second-order valence-electron chi connectivity index (χ2n) is 4.34. The summed E-state index contributed by atoms with van der Waals surface area (Å²) in [6.07, 6.45) is 3.86. The summed E-state index contributed by atoms with van der Waals surface area (Å²) in [5.74, 6) is 1.60. The molecule has 2 heterocycles. The first-order chi connectivity index (χ1) is 8.65. The van der Waals surface area contributed by atoms with E-state index < -0.39 is 0 Å². The molecule has 5 nitrogen and oxygen atoms in total. The molecule has 0 aliphatic carbocycles. The molecule has 0 fully saturated rings. The highest BCUT2D eigenvalue weighted by Crippen LogP contribution is 2.21. The number of aryl methyl sites for hydroxylation is 2. The first kappa shape index (κ1) is 12.5.